The zero-order valence-corrected chi connectivity index (χ0v) is 15.9. The van der Waals surface area contributed by atoms with Crippen molar-refractivity contribution in [3.8, 4) is 5.75 Å². The van der Waals surface area contributed by atoms with Gasteiger partial charge in [-0.2, -0.15) is 0 Å². The molecule has 0 aliphatic carbocycles. The first kappa shape index (κ1) is 19.4. The number of pyridine rings is 1. The van der Waals surface area contributed by atoms with Crippen molar-refractivity contribution >= 4 is 17.6 Å². The van der Waals surface area contributed by atoms with E-state index in [4.69, 9.17) is 14.2 Å². The van der Waals surface area contributed by atoms with Gasteiger partial charge in [0.1, 0.15) is 18.0 Å². The van der Waals surface area contributed by atoms with Gasteiger partial charge in [0.2, 0.25) is 0 Å². The Morgan fingerprint density at radius 3 is 2.93 bits per heavy atom. The molecule has 4 atom stereocenters. The number of benzene rings is 1. The minimum Gasteiger partial charge on any atom is -0.487 e. The van der Waals surface area contributed by atoms with E-state index in [9.17, 15) is 14.7 Å². The van der Waals surface area contributed by atoms with Gasteiger partial charge in [-0.1, -0.05) is 0 Å². The summed E-state index contributed by atoms with van der Waals surface area (Å²) in [7, 11) is 1.34. The van der Waals surface area contributed by atoms with Crippen molar-refractivity contribution < 1.29 is 28.9 Å². The van der Waals surface area contributed by atoms with Crippen LogP contribution in [0.5, 0.6) is 5.75 Å². The van der Waals surface area contributed by atoms with Gasteiger partial charge in [0.25, 0.3) is 5.91 Å². The summed E-state index contributed by atoms with van der Waals surface area (Å²) in [6, 6.07) is 8.84. The van der Waals surface area contributed by atoms with Crippen LogP contribution in [0.15, 0.2) is 42.7 Å². The average Bonchev–Trinajstić information content (AvgIpc) is 3.11. The van der Waals surface area contributed by atoms with Crippen LogP contribution in [0.3, 0.4) is 0 Å². The van der Waals surface area contributed by atoms with Crippen LogP contribution in [0.2, 0.25) is 0 Å². The van der Waals surface area contributed by atoms with E-state index in [0.717, 1.165) is 5.56 Å². The number of aromatic nitrogens is 1. The number of aliphatic hydroxyl groups is 1. The maximum absolute atomic E-state index is 12.4. The van der Waals surface area contributed by atoms with Crippen LogP contribution in [0.25, 0.3) is 0 Å². The summed E-state index contributed by atoms with van der Waals surface area (Å²) >= 11 is 0. The Balaban J connectivity index is 1.55. The van der Waals surface area contributed by atoms with Crippen molar-refractivity contribution in [2.45, 2.75) is 37.1 Å². The number of fused-ring (bicyclic) bond motifs is 3. The molecule has 0 saturated carbocycles. The lowest BCUT2D eigenvalue weighted by atomic mass is 9.84. The number of aliphatic hydroxyl groups excluding tert-OH is 1. The van der Waals surface area contributed by atoms with Gasteiger partial charge < -0.3 is 24.6 Å². The maximum Gasteiger partial charge on any atom is 0.308 e. The lowest BCUT2D eigenvalue weighted by Crippen LogP contribution is -2.46. The highest BCUT2D eigenvalue weighted by Crippen LogP contribution is 2.47. The summed E-state index contributed by atoms with van der Waals surface area (Å²) in [5.74, 6) is 0.0278. The number of ether oxygens (including phenoxy) is 3. The predicted molar refractivity (Wildman–Crippen MR) is 103 cm³/mol. The van der Waals surface area contributed by atoms with Crippen molar-refractivity contribution in [1.82, 2.24) is 4.98 Å². The average molecular weight is 398 g/mol. The number of anilines is 1. The molecule has 4 rings (SSSR count). The number of carbonyl (C=O) groups is 2. The number of hydrogen-bond acceptors (Lipinski definition) is 7. The molecule has 2 aliphatic heterocycles. The highest BCUT2D eigenvalue weighted by Gasteiger charge is 2.46. The number of hydrogen-bond donors (Lipinski definition) is 2. The lowest BCUT2D eigenvalue weighted by Gasteiger charge is -2.36. The standard InChI is InChI=1S/C21H22N2O6/c1-27-19(25)9-14-8-16-15-7-13(23-21(26)12-3-2-6-22-10-12)4-5-17(15)29-20(16)18(11-24)28-14/h2-7,10,14,16,18,20,24H,8-9,11H2,1H3,(H,23,26)/t14-,16+,18+,20-/m0/s1. The Morgan fingerprint density at radius 1 is 1.34 bits per heavy atom. The van der Waals surface area contributed by atoms with Gasteiger partial charge in [-0.05, 0) is 36.8 Å². The molecule has 8 nitrogen and oxygen atoms in total. The minimum absolute atomic E-state index is 0.0548. The highest BCUT2D eigenvalue weighted by atomic mass is 16.6. The van der Waals surface area contributed by atoms with Gasteiger partial charge in [-0.15, -0.1) is 0 Å². The van der Waals surface area contributed by atoms with Gasteiger partial charge in [0.05, 0.1) is 31.8 Å². The van der Waals surface area contributed by atoms with Crippen molar-refractivity contribution in [2.75, 3.05) is 19.0 Å². The summed E-state index contributed by atoms with van der Waals surface area (Å²) in [5, 5.41) is 12.6. The molecule has 0 radical (unpaired) electrons. The summed E-state index contributed by atoms with van der Waals surface area (Å²) in [5.41, 5.74) is 2.03. The number of carbonyl (C=O) groups excluding carboxylic acids is 2. The van der Waals surface area contributed by atoms with Crippen molar-refractivity contribution in [3.63, 3.8) is 0 Å². The molecule has 1 amide bonds. The SMILES string of the molecule is COC(=O)C[C@@H]1C[C@@H]2c3cc(NC(=O)c4cccnc4)ccc3O[C@@H]2[C@@H](CO)O1. The Bertz CT molecular complexity index is 903. The van der Waals surface area contributed by atoms with Gasteiger partial charge in [0, 0.05) is 29.6 Å². The number of amides is 1. The van der Waals surface area contributed by atoms with Crippen LogP contribution in [0, 0.1) is 0 Å². The summed E-state index contributed by atoms with van der Waals surface area (Å²) in [4.78, 5) is 28.0. The van der Waals surface area contributed by atoms with Gasteiger partial charge in [-0.3, -0.25) is 14.6 Å². The summed E-state index contributed by atoms with van der Waals surface area (Å²) in [6.45, 7) is -0.211. The number of methoxy groups -OCH3 is 1. The molecule has 2 N–H and O–H groups in total. The van der Waals surface area contributed by atoms with E-state index in [1.807, 2.05) is 6.07 Å². The fourth-order valence-electron chi connectivity index (χ4n) is 3.94. The Morgan fingerprint density at radius 2 is 2.21 bits per heavy atom. The molecule has 1 aromatic carbocycles. The Labute approximate surface area is 167 Å². The largest absolute Gasteiger partial charge is 0.487 e. The zero-order valence-electron chi connectivity index (χ0n) is 15.9. The lowest BCUT2D eigenvalue weighted by molar-refractivity contribution is -0.156. The van der Waals surface area contributed by atoms with Gasteiger partial charge in [0.15, 0.2) is 0 Å². The quantitative estimate of drug-likeness (QED) is 0.741. The second-order valence-electron chi connectivity index (χ2n) is 7.13. The normalized spacial score (nSPS) is 24.8. The Kier molecular flexibility index (Phi) is 5.46. The molecule has 1 fully saturated rings. The van der Waals surface area contributed by atoms with Crippen molar-refractivity contribution in [2.24, 2.45) is 0 Å². The van der Waals surface area contributed by atoms with Crippen LogP contribution < -0.4 is 10.1 Å². The van der Waals surface area contributed by atoms with E-state index in [-0.39, 0.29) is 43.0 Å². The zero-order chi connectivity index (χ0) is 20.4. The second kappa shape index (κ2) is 8.18. The molecular weight excluding hydrogens is 376 g/mol. The van der Waals surface area contributed by atoms with E-state index in [1.165, 1.54) is 13.3 Å². The minimum atomic E-state index is -0.538. The van der Waals surface area contributed by atoms with E-state index in [0.29, 0.717) is 23.4 Å². The van der Waals surface area contributed by atoms with Crippen LogP contribution in [0.4, 0.5) is 5.69 Å². The molecule has 0 bridgehead atoms. The van der Waals surface area contributed by atoms with Crippen molar-refractivity contribution in [3.05, 3.63) is 53.9 Å². The predicted octanol–water partition coefficient (Wildman–Crippen LogP) is 1.89. The highest BCUT2D eigenvalue weighted by molar-refractivity contribution is 6.04. The molecule has 0 unspecified atom stereocenters. The fourth-order valence-corrected chi connectivity index (χ4v) is 3.94. The van der Waals surface area contributed by atoms with Gasteiger partial charge >= 0.3 is 5.97 Å². The smallest absolute Gasteiger partial charge is 0.308 e. The number of esters is 1. The number of nitrogens with one attached hydrogen (secondary N) is 1. The molecule has 2 aromatic rings. The van der Waals surface area contributed by atoms with E-state index in [1.54, 1.807) is 30.5 Å². The van der Waals surface area contributed by atoms with Crippen molar-refractivity contribution in [1.29, 1.82) is 0 Å². The first-order valence-corrected chi connectivity index (χ1v) is 9.44. The van der Waals surface area contributed by atoms with E-state index in [2.05, 4.69) is 10.3 Å². The Hall–Kier alpha value is -2.97. The van der Waals surface area contributed by atoms with E-state index < -0.39 is 6.10 Å². The molecule has 3 heterocycles. The summed E-state index contributed by atoms with van der Waals surface area (Å²) in [6.07, 6.45) is 2.54. The monoisotopic (exact) mass is 398 g/mol. The molecule has 0 spiro atoms. The van der Waals surface area contributed by atoms with Gasteiger partial charge in [-0.25, -0.2) is 0 Å². The van der Waals surface area contributed by atoms with Crippen LogP contribution >= 0.6 is 0 Å². The number of nitrogens with zero attached hydrogens (tertiary/aromatic N) is 1. The molecule has 2 aliphatic rings. The third kappa shape index (κ3) is 3.94. The van der Waals surface area contributed by atoms with E-state index >= 15 is 0 Å². The molecule has 8 heteroatoms. The second-order valence-corrected chi connectivity index (χ2v) is 7.13. The third-order valence-corrected chi connectivity index (χ3v) is 5.30. The molecule has 29 heavy (non-hydrogen) atoms. The topological polar surface area (TPSA) is 107 Å². The molecular formula is C21H22N2O6. The molecule has 1 aromatic heterocycles. The first-order valence-electron chi connectivity index (χ1n) is 9.44. The molecule has 152 valence electrons. The fraction of sp³-hybridized carbons (Fsp3) is 0.381. The number of rotatable bonds is 5. The van der Waals surface area contributed by atoms with Crippen LogP contribution in [0.1, 0.15) is 34.7 Å². The van der Waals surface area contributed by atoms with Crippen LogP contribution in [-0.4, -0.2) is 54.0 Å². The van der Waals surface area contributed by atoms with Crippen LogP contribution in [-0.2, 0) is 14.3 Å². The first-order chi connectivity index (χ1) is 14.1. The maximum atomic E-state index is 12.4. The summed E-state index contributed by atoms with van der Waals surface area (Å²) < 4.78 is 16.6. The molecule has 1 saturated heterocycles. The third-order valence-electron chi connectivity index (χ3n) is 5.30.